The van der Waals surface area contributed by atoms with Crippen LogP contribution in [-0.4, -0.2) is 25.0 Å². The van der Waals surface area contributed by atoms with E-state index in [4.69, 9.17) is 4.74 Å². The van der Waals surface area contributed by atoms with Gasteiger partial charge in [-0.3, -0.25) is 9.59 Å². The van der Waals surface area contributed by atoms with Crippen LogP contribution in [0.15, 0.2) is 24.3 Å². The standard InChI is InChI=1S/C18H26N2O3/c1-18(2,3)17(22)19-11-6-9-16(21)20-14-10-12-23-15-8-5-4-7-13(14)15/h4-5,7-8,14H,6,9-12H2,1-3H3,(H,19,22)(H,20,21). The normalized spacial score (nSPS) is 16.9. The number of benzene rings is 1. The summed E-state index contributed by atoms with van der Waals surface area (Å²) >= 11 is 0. The SMILES string of the molecule is CC(C)(C)C(=O)NCCCC(=O)NC1CCOc2ccccc21. The molecule has 0 aromatic heterocycles. The van der Waals surface area contributed by atoms with Gasteiger partial charge in [0.25, 0.3) is 0 Å². The lowest BCUT2D eigenvalue weighted by Crippen LogP contribution is -2.36. The average Bonchev–Trinajstić information content (AvgIpc) is 2.51. The Morgan fingerprint density at radius 1 is 1.26 bits per heavy atom. The molecule has 2 rings (SSSR count). The van der Waals surface area contributed by atoms with Crippen LogP contribution in [0, 0.1) is 5.41 Å². The van der Waals surface area contributed by atoms with Crippen molar-refractivity contribution in [3.05, 3.63) is 29.8 Å². The van der Waals surface area contributed by atoms with Crippen LogP contribution in [-0.2, 0) is 9.59 Å². The molecular formula is C18H26N2O3. The molecular weight excluding hydrogens is 292 g/mol. The Labute approximate surface area is 137 Å². The highest BCUT2D eigenvalue weighted by atomic mass is 16.5. The predicted molar refractivity (Wildman–Crippen MR) is 89.1 cm³/mol. The van der Waals surface area contributed by atoms with Gasteiger partial charge in [-0.15, -0.1) is 0 Å². The summed E-state index contributed by atoms with van der Waals surface area (Å²) in [4.78, 5) is 23.8. The molecule has 0 aliphatic carbocycles. The molecule has 2 N–H and O–H groups in total. The van der Waals surface area contributed by atoms with Crippen LogP contribution in [0.1, 0.15) is 51.6 Å². The molecule has 2 amide bonds. The van der Waals surface area contributed by atoms with E-state index >= 15 is 0 Å². The first-order chi connectivity index (χ1) is 10.9. The van der Waals surface area contributed by atoms with Gasteiger partial charge in [0.05, 0.1) is 12.6 Å². The van der Waals surface area contributed by atoms with E-state index in [1.54, 1.807) is 0 Å². The molecule has 23 heavy (non-hydrogen) atoms. The number of amides is 2. The van der Waals surface area contributed by atoms with Crippen molar-refractivity contribution >= 4 is 11.8 Å². The summed E-state index contributed by atoms with van der Waals surface area (Å²) in [6.45, 7) is 6.75. The molecule has 0 spiro atoms. The number of para-hydroxylation sites is 1. The number of carbonyl (C=O) groups is 2. The number of fused-ring (bicyclic) bond motifs is 1. The lowest BCUT2D eigenvalue weighted by Gasteiger charge is -2.26. The van der Waals surface area contributed by atoms with E-state index in [2.05, 4.69) is 10.6 Å². The Kier molecular flexibility index (Phi) is 5.64. The molecule has 0 saturated heterocycles. The summed E-state index contributed by atoms with van der Waals surface area (Å²) in [7, 11) is 0. The van der Waals surface area contributed by atoms with Gasteiger partial charge in [0, 0.05) is 30.4 Å². The van der Waals surface area contributed by atoms with Crippen molar-refractivity contribution in [3.63, 3.8) is 0 Å². The second-order valence-electron chi connectivity index (χ2n) is 6.90. The van der Waals surface area contributed by atoms with Crippen molar-refractivity contribution in [2.45, 2.75) is 46.1 Å². The highest BCUT2D eigenvalue weighted by Gasteiger charge is 2.23. The molecule has 126 valence electrons. The van der Waals surface area contributed by atoms with E-state index in [9.17, 15) is 9.59 Å². The van der Waals surface area contributed by atoms with Gasteiger partial charge in [0.1, 0.15) is 5.75 Å². The number of nitrogens with one attached hydrogen (secondary N) is 2. The summed E-state index contributed by atoms with van der Waals surface area (Å²) in [5.74, 6) is 0.870. The molecule has 1 aliphatic heterocycles. The molecule has 0 fully saturated rings. The van der Waals surface area contributed by atoms with Crippen LogP contribution >= 0.6 is 0 Å². The first kappa shape index (κ1) is 17.3. The third-order valence-corrected chi connectivity index (χ3v) is 3.84. The smallest absolute Gasteiger partial charge is 0.225 e. The van der Waals surface area contributed by atoms with E-state index in [-0.39, 0.29) is 17.9 Å². The van der Waals surface area contributed by atoms with Crippen LogP contribution in [0.3, 0.4) is 0 Å². The molecule has 1 aromatic rings. The Morgan fingerprint density at radius 2 is 2.00 bits per heavy atom. The lowest BCUT2D eigenvalue weighted by molar-refractivity contribution is -0.128. The van der Waals surface area contributed by atoms with Crippen LogP contribution in [0.5, 0.6) is 5.75 Å². The number of carbonyl (C=O) groups excluding carboxylic acids is 2. The van der Waals surface area contributed by atoms with Crippen molar-refractivity contribution in [3.8, 4) is 5.75 Å². The third kappa shape index (κ3) is 4.98. The fraction of sp³-hybridized carbons (Fsp3) is 0.556. The summed E-state index contributed by atoms with van der Waals surface area (Å²) < 4.78 is 5.59. The number of ether oxygens (including phenoxy) is 1. The Hall–Kier alpha value is -2.04. The van der Waals surface area contributed by atoms with Gasteiger partial charge in [-0.05, 0) is 12.5 Å². The van der Waals surface area contributed by atoms with Crippen molar-refractivity contribution in [2.75, 3.05) is 13.2 Å². The van der Waals surface area contributed by atoms with Gasteiger partial charge in [-0.2, -0.15) is 0 Å². The molecule has 1 atom stereocenters. The monoisotopic (exact) mass is 318 g/mol. The molecule has 0 saturated carbocycles. The molecule has 1 aromatic carbocycles. The maximum absolute atomic E-state index is 12.1. The largest absolute Gasteiger partial charge is 0.493 e. The molecule has 0 bridgehead atoms. The summed E-state index contributed by atoms with van der Waals surface area (Å²) in [6, 6.07) is 7.81. The van der Waals surface area contributed by atoms with Gasteiger partial charge >= 0.3 is 0 Å². The quantitative estimate of drug-likeness (QED) is 0.820. The lowest BCUT2D eigenvalue weighted by atomic mass is 9.96. The summed E-state index contributed by atoms with van der Waals surface area (Å²) in [5.41, 5.74) is 0.641. The van der Waals surface area contributed by atoms with E-state index < -0.39 is 5.41 Å². The van der Waals surface area contributed by atoms with Gasteiger partial charge in [0.2, 0.25) is 11.8 Å². The topological polar surface area (TPSA) is 67.4 Å². The zero-order chi connectivity index (χ0) is 16.9. The maximum atomic E-state index is 12.1. The fourth-order valence-electron chi connectivity index (χ4n) is 2.47. The number of hydrogen-bond donors (Lipinski definition) is 2. The van der Waals surface area contributed by atoms with Gasteiger partial charge in [0.15, 0.2) is 0 Å². The molecule has 1 aliphatic rings. The maximum Gasteiger partial charge on any atom is 0.225 e. The molecule has 1 unspecified atom stereocenters. The Balaban J connectivity index is 1.75. The van der Waals surface area contributed by atoms with E-state index in [1.807, 2.05) is 45.0 Å². The van der Waals surface area contributed by atoms with Gasteiger partial charge in [-0.1, -0.05) is 39.0 Å². The molecule has 5 heteroatoms. The average molecular weight is 318 g/mol. The zero-order valence-corrected chi connectivity index (χ0v) is 14.1. The van der Waals surface area contributed by atoms with Crippen LogP contribution < -0.4 is 15.4 Å². The third-order valence-electron chi connectivity index (χ3n) is 3.84. The highest BCUT2D eigenvalue weighted by molar-refractivity contribution is 5.81. The number of rotatable bonds is 5. The molecule has 0 radical (unpaired) electrons. The van der Waals surface area contributed by atoms with Crippen LogP contribution in [0.2, 0.25) is 0 Å². The highest BCUT2D eigenvalue weighted by Crippen LogP contribution is 2.31. The predicted octanol–water partition coefficient (Wildman–Crippen LogP) is 2.57. The molecule has 5 nitrogen and oxygen atoms in total. The van der Waals surface area contributed by atoms with E-state index in [0.29, 0.717) is 26.0 Å². The Bertz CT molecular complexity index is 564. The summed E-state index contributed by atoms with van der Waals surface area (Å²) in [5, 5.41) is 5.92. The second kappa shape index (κ2) is 7.49. The zero-order valence-electron chi connectivity index (χ0n) is 14.1. The summed E-state index contributed by atoms with van der Waals surface area (Å²) in [6.07, 6.45) is 1.83. The minimum Gasteiger partial charge on any atom is -0.493 e. The van der Waals surface area contributed by atoms with Gasteiger partial charge in [-0.25, -0.2) is 0 Å². The molecule has 1 heterocycles. The van der Waals surface area contributed by atoms with Crippen LogP contribution in [0.25, 0.3) is 0 Å². The van der Waals surface area contributed by atoms with Crippen molar-refractivity contribution in [1.82, 2.24) is 10.6 Å². The van der Waals surface area contributed by atoms with Crippen molar-refractivity contribution < 1.29 is 14.3 Å². The van der Waals surface area contributed by atoms with Gasteiger partial charge < -0.3 is 15.4 Å². The first-order valence-electron chi connectivity index (χ1n) is 8.17. The minimum atomic E-state index is -0.395. The van der Waals surface area contributed by atoms with E-state index in [0.717, 1.165) is 17.7 Å². The van der Waals surface area contributed by atoms with Crippen LogP contribution in [0.4, 0.5) is 0 Å². The van der Waals surface area contributed by atoms with Crippen molar-refractivity contribution in [2.24, 2.45) is 5.41 Å². The number of hydrogen-bond acceptors (Lipinski definition) is 3. The second-order valence-corrected chi connectivity index (χ2v) is 6.90. The first-order valence-corrected chi connectivity index (χ1v) is 8.17. The minimum absolute atomic E-state index is 0.0104. The Morgan fingerprint density at radius 3 is 2.74 bits per heavy atom. The van der Waals surface area contributed by atoms with E-state index in [1.165, 1.54) is 0 Å². The fourth-order valence-corrected chi connectivity index (χ4v) is 2.47. The van der Waals surface area contributed by atoms with Crippen molar-refractivity contribution in [1.29, 1.82) is 0 Å².